The van der Waals surface area contributed by atoms with Gasteiger partial charge < -0.3 is 0 Å². The Kier molecular flexibility index (Phi) is 8.37. The molecule has 13 heteroatoms. The number of nitrogens with one attached hydrogen (secondary N) is 1. The molecule has 0 saturated carbocycles. The molecular weight excluding hydrogens is 649 g/mol. The van der Waals surface area contributed by atoms with Gasteiger partial charge in [0.15, 0.2) is 0 Å². The van der Waals surface area contributed by atoms with Crippen LogP contribution in [-0.4, -0.2) is 51.8 Å². The predicted molar refractivity (Wildman–Crippen MR) is 152 cm³/mol. The number of H-pyrrole nitrogens is 1. The zero-order chi connectivity index (χ0) is 30.0. The molecular formula is C27H40FN2O8PSn. The van der Waals surface area contributed by atoms with Crippen molar-refractivity contribution in [1.82, 2.24) is 9.55 Å². The Balaban J connectivity index is 1.55. The fourth-order valence-corrected chi connectivity index (χ4v) is 9.67. The van der Waals surface area contributed by atoms with Crippen LogP contribution < -0.4 is 19.4 Å². The SMILES string of the molecule is CC(C)(C)c1cc(C(C)(C)C)c2c(c1F)CO[P@@](=O)(OC[C@H]1O[C@@H](n3c[c]([Sn]([CH3])([CH3])[CH3])c(=O)[nH]c3=O)C[C@@H]1O)O2. The van der Waals surface area contributed by atoms with Crippen LogP contribution in [-0.2, 0) is 35.8 Å². The third-order valence-corrected chi connectivity index (χ3v) is 14.1. The summed E-state index contributed by atoms with van der Waals surface area (Å²) in [5, 5.41) is 10.7. The summed E-state index contributed by atoms with van der Waals surface area (Å²) in [6.07, 6.45) is -1.27. The quantitative estimate of drug-likeness (QED) is 0.354. The molecule has 222 valence electrons. The molecule has 10 nitrogen and oxygen atoms in total. The summed E-state index contributed by atoms with van der Waals surface area (Å²) in [4.78, 5) is 33.4. The van der Waals surface area contributed by atoms with Crippen molar-refractivity contribution in [3.8, 4) is 5.75 Å². The predicted octanol–water partition coefficient (Wildman–Crippen LogP) is 4.20. The molecule has 1 saturated heterocycles. The average molecular weight is 689 g/mol. The molecule has 0 radical (unpaired) electrons. The second-order valence-electron chi connectivity index (χ2n) is 13.6. The van der Waals surface area contributed by atoms with E-state index >= 15 is 4.39 Å². The van der Waals surface area contributed by atoms with Gasteiger partial charge in [0.1, 0.15) is 5.82 Å². The molecule has 0 bridgehead atoms. The molecule has 40 heavy (non-hydrogen) atoms. The molecule has 0 spiro atoms. The van der Waals surface area contributed by atoms with Crippen LogP contribution in [0.4, 0.5) is 4.39 Å². The minimum atomic E-state index is -4.20. The zero-order valence-electron chi connectivity index (χ0n) is 24.6. The zero-order valence-corrected chi connectivity index (χ0v) is 28.3. The van der Waals surface area contributed by atoms with Gasteiger partial charge in [-0.3, -0.25) is 0 Å². The molecule has 2 aliphatic heterocycles. The molecule has 4 rings (SSSR count). The molecule has 0 amide bonds. The summed E-state index contributed by atoms with van der Waals surface area (Å²) in [6, 6.07) is 1.75. The van der Waals surface area contributed by atoms with Gasteiger partial charge in [0.2, 0.25) is 0 Å². The van der Waals surface area contributed by atoms with Crippen molar-refractivity contribution < 1.29 is 32.4 Å². The number of aliphatic hydroxyl groups is 1. The average Bonchev–Trinajstić information content (AvgIpc) is 3.15. The van der Waals surface area contributed by atoms with Crippen molar-refractivity contribution >= 4 is 29.8 Å². The fourth-order valence-electron chi connectivity index (χ4n) is 4.81. The Morgan fingerprint density at radius 2 is 1.77 bits per heavy atom. The first kappa shape index (κ1) is 31.4. The molecule has 4 atom stereocenters. The van der Waals surface area contributed by atoms with Crippen LogP contribution in [0.3, 0.4) is 0 Å². The van der Waals surface area contributed by atoms with Gasteiger partial charge in [-0.05, 0) is 22.5 Å². The fraction of sp³-hybridized carbons (Fsp3) is 0.630. The summed E-state index contributed by atoms with van der Waals surface area (Å²) in [5.74, 6) is -0.330. The van der Waals surface area contributed by atoms with Crippen LogP contribution in [0.2, 0.25) is 14.8 Å². The first-order valence-corrected chi connectivity index (χ1v) is 24.8. The van der Waals surface area contributed by atoms with Crippen LogP contribution in [0.1, 0.15) is 70.9 Å². The Morgan fingerprint density at radius 3 is 2.35 bits per heavy atom. The number of hydrogen-bond donors (Lipinski definition) is 2. The van der Waals surface area contributed by atoms with Gasteiger partial charge in [-0.1, -0.05) is 41.5 Å². The third kappa shape index (κ3) is 6.29. The summed E-state index contributed by atoms with van der Waals surface area (Å²) < 4.78 is 53.6. The monoisotopic (exact) mass is 690 g/mol. The number of aliphatic hydroxyl groups excluding tert-OH is 1. The normalized spacial score (nSPS) is 25.5. The summed E-state index contributed by atoms with van der Waals surface area (Å²) in [6.45, 7) is 10.9. The van der Waals surface area contributed by atoms with E-state index in [-0.39, 0.29) is 30.9 Å². The van der Waals surface area contributed by atoms with Gasteiger partial charge in [0, 0.05) is 0 Å². The number of phosphoric acid groups is 1. The van der Waals surface area contributed by atoms with E-state index in [1.165, 1.54) is 10.8 Å². The van der Waals surface area contributed by atoms with Crippen molar-refractivity contribution in [3.05, 3.63) is 55.6 Å². The second-order valence-corrected chi connectivity index (χ2v) is 29.6. The molecule has 3 heterocycles. The van der Waals surface area contributed by atoms with E-state index in [2.05, 4.69) is 19.8 Å². The number of aromatic amines is 1. The Labute approximate surface area is 237 Å². The van der Waals surface area contributed by atoms with Crippen LogP contribution in [0, 0.1) is 5.82 Å². The van der Waals surface area contributed by atoms with Gasteiger partial charge in [-0.15, -0.1) is 0 Å². The summed E-state index contributed by atoms with van der Waals surface area (Å²) in [5.41, 5.74) is -0.610. The molecule has 1 fully saturated rings. The third-order valence-electron chi connectivity index (χ3n) is 7.18. The van der Waals surface area contributed by atoms with Gasteiger partial charge >= 0.3 is 164 Å². The number of nitrogens with zero attached hydrogens (tertiary/aromatic N) is 1. The van der Waals surface area contributed by atoms with Gasteiger partial charge in [0.05, 0.1) is 0 Å². The van der Waals surface area contributed by atoms with Crippen LogP contribution in [0.5, 0.6) is 5.75 Å². The van der Waals surface area contributed by atoms with Gasteiger partial charge in [-0.2, -0.15) is 0 Å². The molecule has 0 unspecified atom stereocenters. The number of benzene rings is 1. The Hall–Kier alpha value is -1.50. The first-order valence-electron chi connectivity index (χ1n) is 13.4. The maximum atomic E-state index is 15.5. The minimum absolute atomic E-state index is 0.0584. The van der Waals surface area contributed by atoms with Crippen molar-refractivity contribution in [3.63, 3.8) is 0 Å². The summed E-state index contributed by atoms with van der Waals surface area (Å²) in [7, 11) is -4.20. The first-order chi connectivity index (χ1) is 18.2. The van der Waals surface area contributed by atoms with E-state index in [1.807, 2.05) is 41.5 Å². The standard InChI is InChI=1S/C24H31FN2O8P.3CH3.Sn/c1-23(2,3)14-9-15(24(4,5)6)21-13(20(14)25)11-32-36(31,35-21)33-12-17-16(28)10-19(34-17)27-8-7-18(29)26-22(27)30;;;;/h8-9,16-17,19,28H,10-12H2,1-6H3,(H,26,29,30);3*1H3;/t16-,17+,19+,36-;;;;/m0..../s1. The molecule has 2 aliphatic rings. The number of aromatic nitrogens is 2. The van der Waals surface area contributed by atoms with E-state index in [9.17, 15) is 19.3 Å². The van der Waals surface area contributed by atoms with Crippen LogP contribution >= 0.6 is 7.82 Å². The number of rotatable bonds is 5. The van der Waals surface area contributed by atoms with E-state index in [4.69, 9.17) is 18.3 Å². The van der Waals surface area contributed by atoms with E-state index < -0.39 is 72.5 Å². The number of halogens is 1. The van der Waals surface area contributed by atoms with E-state index in [1.54, 1.807) is 6.07 Å². The molecule has 2 aromatic rings. The Morgan fingerprint density at radius 1 is 1.15 bits per heavy atom. The number of hydrogen-bond acceptors (Lipinski definition) is 8. The maximum absolute atomic E-state index is 15.5. The van der Waals surface area contributed by atoms with Crippen molar-refractivity contribution in [2.45, 2.75) is 98.7 Å². The Bertz CT molecular complexity index is 1470. The van der Waals surface area contributed by atoms with Crippen molar-refractivity contribution in [2.24, 2.45) is 0 Å². The number of ether oxygens (including phenoxy) is 1. The van der Waals surface area contributed by atoms with Crippen LogP contribution in [0.25, 0.3) is 0 Å². The molecule has 1 aromatic heterocycles. The van der Waals surface area contributed by atoms with E-state index in [0.717, 1.165) is 0 Å². The van der Waals surface area contributed by atoms with E-state index in [0.29, 0.717) is 14.7 Å². The van der Waals surface area contributed by atoms with Gasteiger partial charge in [0.25, 0.3) is 0 Å². The molecule has 0 aliphatic carbocycles. The summed E-state index contributed by atoms with van der Waals surface area (Å²) >= 11 is -2.86. The van der Waals surface area contributed by atoms with Crippen molar-refractivity contribution in [2.75, 3.05) is 6.61 Å². The van der Waals surface area contributed by atoms with Crippen LogP contribution in [0.15, 0.2) is 21.9 Å². The van der Waals surface area contributed by atoms with Gasteiger partial charge in [-0.25, -0.2) is 4.39 Å². The topological polar surface area (TPSA) is 129 Å². The number of fused-ring (bicyclic) bond motifs is 1. The number of phosphoric ester groups is 1. The molecule has 2 N–H and O–H groups in total. The van der Waals surface area contributed by atoms with Crippen molar-refractivity contribution in [1.29, 1.82) is 0 Å². The second kappa shape index (κ2) is 10.6. The molecule has 1 aromatic carbocycles.